The van der Waals surface area contributed by atoms with Crippen molar-refractivity contribution in [3.63, 3.8) is 0 Å². The van der Waals surface area contributed by atoms with Crippen molar-refractivity contribution in [3.8, 4) is 11.4 Å². The summed E-state index contributed by atoms with van der Waals surface area (Å²) in [5.41, 5.74) is 2.24. The lowest BCUT2D eigenvalue weighted by Gasteiger charge is -2.22. The van der Waals surface area contributed by atoms with E-state index in [0.29, 0.717) is 11.7 Å². The molecule has 5 heteroatoms. The standard InChI is InChI=1S/C12H13N3O.C3H6O/c1-8-2-4-9(5-3-8)11-14-12(16-15-11)10-6-13-7-10;1-3(2)4/h2-5,10,13H,6-7H2,1H3;4H,1H2,2H3. The number of hydrogen-bond acceptors (Lipinski definition) is 5. The van der Waals surface area contributed by atoms with Crippen LogP contribution in [0.1, 0.15) is 24.3 Å². The van der Waals surface area contributed by atoms with Gasteiger partial charge in [-0.1, -0.05) is 41.6 Å². The summed E-state index contributed by atoms with van der Waals surface area (Å²) in [6, 6.07) is 8.14. The van der Waals surface area contributed by atoms with Gasteiger partial charge in [-0.25, -0.2) is 0 Å². The van der Waals surface area contributed by atoms with Crippen LogP contribution in [0.5, 0.6) is 0 Å². The Morgan fingerprint density at radius 1 is 1.35 bits per heavy atom. The Kier molecular flexibility index (Phi) is 4.53. The SMILES string of the molecule is C=C(C)O.Cc1ccc(-c2noc(C3CNC3)n2)cc1. The summed E-state index contributed by atoms with van der Waals surface area (Å²) in [5.74, 6) is 1.99. The highest BCUT2D eigenvalue weighted by atomic mass is 16.5. The number of aliphatic hydroxyl groups excluding tert-OH is 1. The maximum atomic E-state index is 7.86. The summed E-state index contributed by atoms with van der Waals surface area (Å²) in [6.45, 7) is 8.58. The van der Waals surface area contributed by atoms with E-state index in [-0.39, 0.29) is 5.76 Å². The predicted octanol–water partition coefficient (Wildman–Crippen LogP) is 2.81. The summed E-state index contributed by atoms with van der Waals surface area (Å²) < 4.78 is 5.25. The van der Waals surface area contributed by atoms with Gasteiger partial charge >= 0.3 is 0 Å². The highest BCUT2D eigenvalue weighted by molar-refractivity contribution is 5.54. The molecule has 3 rings (SSSR count). The molecule has 0 saturated carbocycles. The second kappa shape index (κ2) is 6.34. The molecular formula is C15H19N3O2. The van der Waals surface area contributed by atoms with Crippen molar-refractivity contribution >= 4 is 0 Å². The number of aryl methyl sites for hydroxylation is 1. The predicted molar refractivity (Wildman–Crippen MR) is 77.5 cm³/mol. The van der Waals surface area contributed by atoms with E-state index < -0.39 is 0 Å². The molecular weight excluding hydrogens is 254 g/mol. The number of nitrogens with zero attached hydrogens (tertiary/aromatic N) is 2. The van der Waals surface area contributed by atoms with Crippen LogP contribution in [0.2, 0.25) is 0 Å². The molecule has 1 aliphatic heterocycles. The van der Waals surface area contributed by atoms with E-state index >= 15 is 0 Å². The lowest BCUT2D eigenvalue weighted by atomic mass is 10.0. The van der Waals surface area contributed by atoms with Crippen molar-refractivity contribution in [3.05, 3.63) is 48.1 Å². The number of rotatable bonds is 2. The van der Waals surface area contributed by atoms with Gasteiger partial charge in [0.25, 0.3) is 0 Å². The Morgan fingerprint density at radius 3 is 2.45 bits per heavy atom. The van der Waals surface area contributed by atoms with E-state index in [4.69, 9.17) is 9.63 Å². The second-order valence-electron chi connectivity index (χ2n) is 4.91. The van der Waals surface area contributed by atoms with Crippen LogP contribution in [0.3, 0.4) is 0 Å². The smallest absolute Gasteiger partial charge is 0.232 e. The number of aromatic nitrogens is 2. The van der Waals surface area contributed by atoms with E-state index in [1.54, 1.807) is 0 Å². The molecule has 1 fully saturated rings. The number of hydrogen-bond donors (Lipinski definition) is 2. The fourth-order valence-electron chi connectivity index (χ4n) is 1.68. The topological polar surface area (TPSA) is 71.2 Å². The van der Waals surface area contributed by atoms with Crippen LogP contribution in [0.15, 0.2) is 41.1 Å². The first kappa shape index (κ1) is 14.3. The Morgan fingerprint density at radius 2 is 1.95 bits per heavy atom. The van der Waals surface area contributed by atoms with Crippen molar-refractivity contribution in [1.82, 2.24) is 15.5 Å². The van der Waals surface area contributed by atoms with Crippen molar-refractivity contribution < 1.29 is 9.63 Å². The molecule has 1 aromatic heterocycles. The minimum atomic E-state index is 0.167. The fraction of sp³-hybridized carbons (Fsp3) is 0.333. The molecule has 106 valence electrons. The Bertz CT molecular complexity index is 567. The Hall–Kier alpha value is -2.14. The lowest BCUT2D eigenvalue weighted by molar-refractivity contribution is 0.308. The number of aliphatic hydroxyl groups is 1. The van der Waals surface area contributed by atoms with Crippen LogP contribution < -0.4 is 5.32 Å². The minimum Gasteiger partial charge on any atom is -0.513 e. The number of benzene rings is 1. The van der Waals surface area contributed by atoms with Crippen LogP contribution in [-0.2, 0) is 0 Å². The molecule has 0 radical (unpaired) electrons. The van der Waals surface area contributed by atoms with Crippen molar-refractivity contribution in [2.75, 3.05) is 13.1 Å². The molecule has 5 nitrogen and oxygen atoms in total. The van der Waals surface area contributed by atoms with Gasteiger partial charge < -0.3 is 14.9 Å². The quantitative estimate of drug-likeness (QED) is 0.823. The first-order valence-corrected chi connectivity index (χ1v) is 6.52. The molecule has 2 heterocycles. The Labute approximate surface area is 118 Å². The molecule has 2 aromatic rings. The van der Waals surface area contributed by atoms with Crippen LogP contribution in [0.25, 0.3) is 11.4 Å². The van der Waals surface area contributed by atoms with Gasteiger partial charge in [-0.3, -0.25) is 0 Å². The average Bonchev–Trinajstić information content (AvgIpc) is 2.76. The van der Waals surface area contributed by atoms with E-state index in [9.17, 15) is 0 Å². The second-order valence-corrected chi connectivity index (χ2v) is 4.91. The van der Waals surface area contributed by atoms with Crippen molar-refractivity contribution in [1.29, 1.82) is 0 Å². The third kappa shape index (κ3) is 3.68. The molecule has 1 aromatic carbocycles. The Balaban J connectivity index is 0.000000328. The van der Waals surface area contributed by atoms with E-state index in [0.717, 1.165) is 24.5 Å². The average molecular weight is 273 g/mol. The summed E-state index contributed by atoms with van der Waals surface area (Å²) in [4.78, 5) is 4.41. The van der Waals surface area contributed by atoms with Crippen molar-refractivity contribution in [2.24, 2.45) is 0 Å². The van der Waals surface area contributed by atoms with Gasteiger partial charge in [-0.05, 0) is 13.8 Å². The first-order chi connectivity index (χ1) is 9.56. The fourth-order valence-corrected chi connectivity index (χ4v) is 1.68. The summed E-state index contributed by atoms with van der Waals surface area (Å²) in [7, 11) is 0. The largest absolute Gasteiger partial charge is 0.513 e. The summed E-state index contributed by atoms with van der Waals surface area (Å²) >= 11 is 0. The third-order valence-corrected chi connectivity index (χ3v) is 2.88. The molecule has 0 atom stereocenters. The van der Waals surface area contributed by atoms with Gasteiger partial charge in [0.15, 0.2) is 0 Å². The molecule has 1 aliphatic rings. The van der Waals surface area contributed by atoms with Gasteiger partial charge in [-0.2, -0.15) is 4.98 Å². The number of allylic oxidation sites excluding steroid dienone is 1. The number of nitrogens with one attached hydrogen (secondary N) is 1. The molecule has 2 N–H and O–H groups in total. The molecule has 0 bridgehead atoms. The highest BCUT2D eigenvalue weighted by Crippen LogP contribution is 2.22. The van der Waals surface area contributed by atoms with Crippen molar-refractivity contribution in [2.45, 2.75) is 19.8 Å². The zero-order valence-electron chi connectivity index (χ0n) is 11.8. The maximum absolute atomic E-state index is 7.86. The van der Waals surface area contributed by atoms with Gasteiger partial charge in [0.05, 0.1) is 11.7 Å². The van der Waals surface area contributed by atoms with Gasteiger partial charge in [0, 0.05) is 18.7 Å². The highest BCUT2D eigenvalue weighted by Gasteiger charge is 2.25. The normalized spacial score (nSPS) is 14.1. The molecule has 0 unspecified atom stereocenters. The van der Waals surface area contributed by atoms with Crippen LogP contribution in [0.4, 0.5) is 0 Å². The first-order valence-electron chi connectivity index (χ1n) is 6.52. The molecule has 0 spiro atoms. The monoisotopic (exact) mass is 273 g/mol. The van der Waals surface area contributed by atoms with Crippen LogP contribution >= 0.6 is 0 Å². The lowest BCUT2D eigenvalue weighted by Crippen LogP contribution is -2.40. The molecule has 1 saturated heterocycles. The molecule has 0 amide bonds. The van der Waals surface area contributed by atoms with Crippen LogP contribution in [-0.4, -0.2) is 28.3 Å². The van der Waals surface area contributed by atoms with E-state index in [1.807, 2.05) is 12.1 Å². The van der Waals surface area contributed by atoms with Crippen LogP contribution in [0, 0.1) is 6.92 Å². The summed E-state index contributed by atoms with van der Waals surface area (Å²) in [6.07, 6.45) is 0. The minimum absolute atomic E-state index is 0.167. The zero-order chi connectivity index (χ0) is 14.5. The van der Waals surface area contributed by atoms with Gasteiger partial charge in [0.2, 0.25) is 11.7 Å². The molecule has 20 heavy (non-hydrogen) atoms. The maximum Gasteiger partial charge on any atom is 0.232 e. The van der Waals surface area contributed by atoms with Gasteiger partial charge in [0.1, 0.15) is 0 Å². The van der Waals surface area contributed by atoms with Gasteiger partial charge in [-0.15, -0.1) is 0 Å². The third-order valence-electron chi connectivity index (χ3n) is 2.88. The summed E-state index contributed by atoms with van der Waals surface area (Å²) in [5, 5.41) is 15.1. The van der Waals surface area contributed by atoms with E-state index in [1.165, 1.54) is 12.5 Å². The molecule has 0 aliphatic carbocycles. The zero-order valence-corrected chi connectivity index (χ0v) is 11.8. The van der Waals surface area contributed by atoms with E-state index in [2.05, 4.69) is 41.1 Å².